The number of aliphatic imine (C=N–C) groups is 1. The lowest BCUT2D eigenvalue weighted by atomic mass is 10.3. The number of aromatic nitrogens is 1. The first-order valence-electron chi connectivity index (χ1n) is 4.97. The highest BCUT2D eigenvalue weighted by Crippen LogP contribution is 1.94. The first kappa shape index (κ1) is 12.0. The van der Waals surface area contributed by atoms with E-state index in [0.29, 0.717) is 19.0 Å². The molecule has 86 valence electrons. The van der Waals surface area contributed by atoms with E-state index in [1.165, 1.54) is 0 Å². The molecule has 2 amide bonds. The number of nitrogens with two attached hydrogens (primary N) is 1. The summed E-state index contributed by atoms with van der Waals surface area (Å²) in [4.78, 5) is 18.9. The van der Waals surface area contributed by atoms with Gasteiger partial charge < -0.3 is 11.1 Å². The van der Waals surface area contributed by atoms with Crippen LogP contribution in [0.3, 0.4) is 0 Å². The first-order valence-corrected chi connectivity index (χ1v) is 4.97. The predicted molar refractivity (Wildman–Crippen MR) is 61.8 cm³/mol. The van der Waals surface area contributed by atoms with Crippen LogP contribution >= 0.6 is 0 Å². The molecule has 1 heterocycles. The number of nitrogens with zero attached hydrogens (tertiary/aromatic N) is 2. The zero-order chi connectivity index (χ0) is 11.8. The van der Waals surface area contributed by atoms with E-state index in [1.807, 2.05) is 25.1 Å². The summed E-state index contributed by atoms with van der Waals surface area (Å²) < 4.78 is 0. The number of carbonyl (C=O) groups is 1. The number of urea groups is 1. The molecule has 1 rings (SSSR count). The van der Waals surface area contributed by atoms with Crippen LogP contribution in [0, 0.1) is 0 Å². The average Bonchev–Trinajstić information content (AvgIpc) is 2.27. The molecule has 16 heavy (non-hydrogen) atoms. The fourth-order valence-electron chi connectivity index (χ4n) is 1.08. The standard InChI is InChI=1S/C10H15N5O/c1-2-12-10(15-9(11)16)14-7-8-5-3-4-6-13-8/h3-6H,2,7H2,1H3,(H4,11,12,14,15,16). The smallest absolute Gasteiger partial charge is 0.318 e. The van der Waals surface area contributed by atoms with Gasteiger partial charge in [-0.1, -0.05) is 6.07 Å². The van der Waals surface area contributed by atoms with Crippen molar-refractivity contribution >= 4 is 12.0 Å². The normalized spacial score (nSPS) is 10.9. The molecule has 0 fully saturated rings. The van der Waals surface area contributed by atoms with Crippen LogP contribution in [0.5, 0.6) is 0 Å². The summed E-state index contributed by atoms with van der Waals surface area (Å²) in [7, 11) is 0. The zero-order valence-corrected chi connectivity index (χ0v) is 9.10. The maximum atomic E-state index is 10.7. The number of rotatable bonds is 3. The average molecular weight is 221 g/mol. The van der Waals surface area contributed by atoms with Gasteiger partial charge in [0.2, 0.25) is 0 Å². The van der Waals surface area contributed by atoms with Crippen LogP contribution in [0.4, 0.5) is 4.79 Å². The van der Waals surface area contributed by atoms with Crippen LogP contribution in [0.1, 0.15) is 12.6 Å². The number of carbonyl (C=O) groups excluding carboxylic acids is 1. The van der Waals surface area contributed by atoms with Crippen molar-refractivity contribution in [3.63, 3.8) is 0 Å². The molecular weight excluding hydrogens is 206 g/mol. The predicted octanol–water partition coefficient (Wildman–Crippen LogP) is 0.215. The summed E-state index contributed by atoms with van der Waals surface area (Å²) in [5.41, 5.74) is 5.83. The summed E-state index contributed by atoms with van der Waals surface area (Å²) >= 11 is 0. The van der Waals surface area contributed by atoms with Crippen molar-refractivity contribution in [1.82, 2.24) is 15.6 Å². The van der Waals surface area contributed by atoms with Crippen LogP contribution in [0.2, 0.25) is 0 Å². The summed E-state index contributed by atoms with van der Waals surface area (Å²) in [6, 6.07) is 4.93. The van der Waals surface area contributed by atoms with Crippen LogP contribution in [-0.2, 0) is 6.54 Å². The fraction of sp³-hybridized carbons (Fsp3) is 0.300. The van der Waals surface area contributed by atoms with Gasteiger partial charge in [-0.3, -0.25) is 10.3 Å². The molecule has 0 spiro atoms. The Balaban J connectivity index is 2.60. The third kappa shape index (κ3) is 4.41. The van der Waals surface area contributed by atoms with Gasteiger partial charge in [0.15, 0.2) is 5.96 Å². The topological polar surface area (TPSA) is 92.4 Å². The SMILES string of the molecule is CCNC(=NCc1ccccn1)NC(N)=O. The minimum absolute atomic E-state index is 0.362. The molecule has 0 unspecified atom stereocenters. The van der Waals surface area contributed by atoms with Gasteiger partial charge in [0.05, 0.1) is 12.2 Å². The Hall–Kier alpha value is -2.11. The van der Waals surface area contributed by atoms with Crippen molar-refractivity contribution in [3.05, 3.63) is 30.1 Å². The number of guanidine groups is 1. The van der Waals surface area contributed by atoms with Gasteiger partial charge in [0, 0.05) is 12.7 Å². The molecule has 0 bridgehead atoms. The van der Waals surface area contributed by atoms with E-state index in [4.69, 9.17) is 5.73 Å². The van der Waals surface area contributed by atoms with E-state index < -0.39 is 6.03 Å². The van der Waals surface area contributed by atoms with Crippen LogP contribution < -0.4 is 16.4 Å². The Morgan fingerprint density at radius 1 is 1.56 bits per heavy atom. The summed E-state index contributed by atoms with van der Waals surface area (Å²) in [6.45, 7) is 2.95. The van der Waals surface area contributed by atoms with E-state index in [9.17, 15) is 4.79 Å². The monoisotopic (exact) mass is 221 g/mol. The molecule has 0 aliphatic heterocycles. The van der Waals surface area contributed by atoms with Crippen molar-refractivity contribution in [3.8, 4) is 0 Å². The number of hydrogen-bond donors (Lipinski definition) is 3. The van der Waals surface area contributed by atoms with Gasteiger partial charge in [-0.25, -0.2) is 9.79 Å². The Morgan fingerprint density at radius 2 is 2.38 bits per heavy atom. The van der Waals surface area contributed by atoms with E-state index >= 15 is 0 Å². The Labute approximate surface area is 94.0 Å². The third-order valence-corrected chi connectivity index (χ3v) is 1.71. The number of hydrogen-bond acceptors (Lipinski definition) is 3. The van der Waals surface area contributed by atoms with Crippen molar-refractivity contribution in [2.45, 2.75) is 13.5 Å². The van der Waals surface area contributed by atoms with Gasteiger partial charge >= 0.3 is 6.03 Å². The highest BCUT2D eigenvalue weighted by Gasteiger charge is 2.00. The number of amides is 2. The Kier molecular flexibility index (Phi) is 4.78. The fourth-order valence-corrected chi connectivity index (χ4v) is 1.08. The molecule has 0 aliphatic carbocycles. The van der Waals surface area contributed by atoms with Crippen molar-refractivity contribution < 1.29 is 4.79 Å². The van der Waals surface area contributed by atoms with E-state index in [0.717, 1.165) is 5.69 Å². The maximum Gasteiger partial charge on any atom is 0.318 e. The second-order valence-corrected chi connectivity index (χ2v) is 3.01. The molecular formula is C10H15N5O. The van der Waals surface area contributed by atoms with Crippen molar-refractivity contribution in [2.24, 2.45) is 10.7 Å². The Bertz CT molecular complexity index is 363. The molecule has 0 saturated carbocycles. The highest BCUT2D eigenvalue weighted by molar-refractivity contribution is 5.95. The molecule has 0 aliphatic rings. The minimum atomic E-state index is -0.638. The van der Waals surface area contributed by atoms with E-state index in [1.54, 1.807) is 6.20 Å². The Morgan fingerprint density at radius 3 is 2.94 bits per heavy atom. The molecule has 4 N–H and O–H groups in total. The van der Waals surface area contributed by atoms with E-state index in [2.05, 4.69) is 20.6 Å². The lowest BCUT2D eigenvalue weighted by Crippen LogP contribution is -2.43. The quantitative estimate of drug-likeness (QED) is 0.503. The lowest BCUT2D eigenvalue weighted by molar-refractivity contribution is 0.253. The molecule has 1 aromatic heterocycles. The van der Waals surface area contributed by atoms with E-state index in [-0.39, 0.29) is 0 Å². The molecule has 0 atom stereocenters. The summed E-state index contributed by atoms with van der Waals surface area (Å²) in [5.74, 6) is 0.362. The third-order valence-electron chi connectivity index (χ3n) is 1.71. The lowest BCUT2D eigenvalue weighted by Gasteiger charge is -2.07. The van der Waals surface area contributed by atoms with Gasteiger partial charge in [-0.15, -0.1) is 0 Å². The van der Waals surface area contributed by atoms with Crippen LogP contribution in [0.25, 0.3) is 0 Å². The number of nitrogens with one attached hydrogen (secondary N) is 2. The van der Waals surface area contributed by atoms with Gasteiger partial charge in [-0.2, -0.15) is 0 Å². The minimum Gasteiger partial charge on any atom is -0.356 e. The maximum absolute atomic E-state index is 10.7. The molecule has 0 aromatic carbocycles. The van der Waals surface area contributed by atoms with Gasteiger partial charge in [-0.05, 0) is 19.1 Å². The molecule has 0 saturated heterocycles. The second-order valence-electron chi connectivity index (χ2n) is 3.01. The van der Waals surface area contributed by atoms with Crippen molar-refractivity contribution in [1.29, 1.82) is 0 Å². The highest BCUT2D eigenvalue weighted by atomic mass is 16.2. The van der Waals surface area contributed by atoms with Crippen molar-refractivity contribution in [2.75, 3.05) is 6.54 Å². The van der Waals surface area contributed by atoms with Crippen LogP contribution in [-0.4, -0.2) is 23.5 Å². The number of pyridine rings is 1. The first-order chi connectivity index (χ1) is 7.72. The zero-order valence-electron chi connectivity index (χ0n) is 9.10. The van der Waals surface area contributed by atoms with Crippen LogP contribution in [0.15, 0.2) is 29.4 Å². The largest absolute Gasteiger partial charge is 0.356 e. The second kappa shape index (κ2) is 6.39. The molecule has 0 radical (unpaired) electrons. The van der Waals surface area contributed by atoms with Gasteiger partial charge in [0.1, 0.15) is 0 Å². The number of primary amides is 1. The summed E-state index contributed by atoms with van der Waals surface area (Å²) in [5, 5.41) is 5.30. The molecule has 6 heteroatoms. The molecule has 1 aromatic rings. The van der Waals surface area contributed by atoms with Gasteiger partial charge in [0.25, 0.3) is 0 Å². The summed E-state index contributed by atoms with van der Waals surface area (Å²) in [6.07, 6.45) is 1.69. The molecule has 6 nitrogen and oxygen atoms in total.